The molecule has 0 aliphatic heterocycles. The molecule has 142 valence electrons. The summed E-state index contributed by atoms with van der Waals surface area (Å²) in [7, 11) is 1.59. The predicted octanol–water partition coefficient (Wildman–Crippen LogP) is 2.56. The minimum atomic E-state index is 0.255. The van der Waals surface area contributed by atoms with Crippen molar-refractivity contribution in [2.45, 2.75) is 33.6 Å². The summed E-state index contributed by atoms with van der Waals surface area (Å²) in [5.74, 6) is 2.27. The van der Waals surface area contributed by atoms with Gasteiger partial charge in [0, 0.05) is 38.9 Å². The van der Waals surface area contributed by atoms with Crippen LogP contribution in [0.4, 0.5) is 0 Å². The van der Waals surface area contributed by atoms with Crippen molar-refractivity contribution >= 4 is 5.96 Å². The van der Waals surface area contributed by atoms with Crippen LogP contribution in [-0.2, 0) is 11.2 Å². The summed E-state index contributed by atoms with van der Waals surface area (Å²) in [4.78, 5) is 4.54. The molecule has 0 saturated heterocycles. The number of benzene rings is 1. The molecule has 0 radical (unpaired) electrons. The minimum Gasteiger partial charge on any atom is -0.508 e. The molecule has 0 heterocycles. The number of methoxy groups -OCH3 is 1. The average molecular weight is 351 g/mol. The Bertz CT molecular complexity index is 519. The van der Waals surface area contributed by atoms with E-state index in [1.165, 1.54) is 0 Å². The Morgan fingerprint density at radius 3 is 2.72 bits per heavy atom. The highest BCUT2D eigenvalue weighted by Crippen LogP contribution is 2.23. The Morgan fingerprint density at radius 2 is 2.08 bits per heavy atom. The summed E-state index contributed by atoms with van der Waals surface area (Å²) in [5.41, 5.74) is 0.881. The van der Waals surface area contributed by atoms with E-state index in [-0.39, 0.29) is 5.75 Å². The Morgan fingerprint density at radius 1 is 1.28 bits per heavy atom. The quantitative estimate of drug-likeness (QED) is 0.325. The molecular formula is C19H33N3O3. The lowest BCUT2D eigenvalue weighted by Gasteiger charge is -2.12. The van der Waals surface area contributed by atoms with Crippen LogP contribution in [0.1, 0.15) is 32.8 Å². The molecule has 6 heteroatoms. The molecule has 0 aromatic heterocycles. The molecule has 1 aromatic rings. The fourth-order valence-corrected chi connectivity index (χ4v) is 2.22. The second-order valence-corrected chi connectivity index (χ2v) is 6.25. The molecule has 6 nitrogen and oxygen atoms in total. The number of phenols is 1. The number of hydrogen-bond donors (Lipinski definition) is 3. The zero-order chi connectivity index (χ0) is 18.5. The SMILES string of the molecule is CCNC(=NCCCOCC(C)C)NCCc1ccc(OC)cc1O. The first kappa shape index (κ1) is 21.1. The molecule has 0 fully saturated rings. The summed E-state index contributed by atoms with van der Waals surface area (Å²) in [6, 6.07) is 5.36. The number of rotatable bonds is 11. The van der Waals surface area contributed by atoms with Crippen molar-refractivity contribution in [3.05, 3.63) is 23.8 Å². The summed E-state index contributed by atoms with van der Waals surface area (Å²) in [6.07, 6.45) is 1.61. The first-order valence-electron chi connectivity index (χ1n) is 9.02. The van der Waals surface area contributed by atoms with Crippen LogP contribution in [0.15, 0.2) is 23.2 Å². The zero-order valence-corrected chi connectivity index (χ0v) is 16.0. The summed E-state index contributed by atoms with van der Waals surface area (Å²) < 4.78 is 10.7. The molecule has 0 aliphatic carbocycles. The molecule has 1 rings (SSSR count). The maximum atomic E-state index is 9.99. The number of nitrogens with zero attached hydrogens (tertiary/aromatic N) is 1. The van der Waals surface area contributed by atoms with Gasteiger partial charge < -0.3 is 25.2 Å². The van der Waals surface area contributed by atoms with Crippen molar-refractivity contribution in [3.63, 3.8) is 0 Å². The Kier molecular flexibility index (Phi) is 10.5. The molecule has 0 bridgehead atoms. The van der Waals surface area contributed by atoms with Crippen LogP contribution >= 0.6 is 0 Å². The fraction of sp³-hybridized carbons (Fsp3) is 0.632. The van der Waals surface area contributed by atoms with E-state index in [2.05, 4.69) is 29.5 Å². The standard InChI is InChI=1S/C19H33N3O3/c1-5-20-19(21-10-6-12-25-14-15(2)3)22-11-9-16-7-8-17(24-4)13-18(16)23/h7-8,13,15,23H,5-6,9-12,14H2,1-4H3,(H2,20,21,22). The van der Waals surface area contributed by atoms with E-state index in [1.54, 1.807) is 13.2 Å². The van der Waals surface area contributed by atoms with Crippen molar-refractivity contribution in [3.8, 4) is 11.5 Å². The molecule has 25 heavy (non-hydrogen) atoms. The smallest absolute Gasteiger partial charge is 0.191 e. The largest absolute Gasteiger partial charge is 0.508 e. The van der Waals surface area contributed by atoms with Crippen LogP contribution in [0, 0.1) is 5.92 Å². The van der Waals surface area contributed by atoms with Crippen LogP contribution < -0.4 is 15.4 Å². The molecule has 0 atom stereocenters. The molecule has 0 saturated carbocycles. The summed E-state index contributed by atoms with van der Waals surface area (Å²) in [5, 5.41) is 16.5. The Hall–Kier alpha value is -1.95. The van der Waals surface area contributed by atoms with Crippen molar-refractivity contribution in [1.29, 1.82) is 0 Å². The van der Waals surface area contributed by atoms with Crippen molar-refractivity contribution in [1.82, 2.24) is 10.6 Å². The van der Waals surface area contributed by atoms with Gasteiger partial charge in [-0.3, -0.25) is 4.99 Å². The van der Waals surface area contributed by atoms with E-state index in [0.29, 0.717) is 24.6 Å². The molecule has 0 unspecified atom stereocenters. The molecule has 0 spiro atoms. The van der Waals surface area contributed by atoms with E-state index in [1.807, 2.05) is 19.1 Å². The third-order valence-corrected chi connectivity index (χ3v) is 3.49. The Labute approximate surface area is 151 Å². The number of aliphatic imine (C=N–C) groups is 1. The van der Waals surface area contributed by atoms with Crippen LogP contribution in [0.25, 0.3) is 0 Å². The van der Waals surface area contributed by atoms with Gasteiger partial charge in [0.05, 0.1) is 7.11 Å². The average Bonchev–Trinajstić information content (AvgIpc) is 2.58. The zero-order valence-electron chi connectivity index (χ0n) is 16.0. The highest BCUT2D eigenvalue weighted by Gasteiger charge is 2.04. The van der Waals surface area contributed by atoms with Gasteiger partial charge in [-0.1, -0.05) is 19.9 Å². The maximum Gasteiger partial charge on any atom is 0.191 e. The van der Waals surface area contributed by atoms with Crippen molar-refractivity contribution in [2.75, 3.05) is 40.0 Å². The van der Waals surface area contributed by atoms with Crippen LogP contribution in [0.3, 0.4) is 0 Å². The lowest BCUT2D eigenvalue weighted by atomic mass is 10.1. The van der Waals surface area contributed by atoms with Gasteiger partial charge in [0.2, 0.25) is 0 Å². The van der Waals surface area contributed by atoms with E-state index < -0.39 is 0 Å². The van der Waals surface area contributed by atoms with Gasteiger partial charge in [-0.05, 0) is 37.3 Å². The highest BCUT2D eigenvalue weighted by atomic mass is 16.5. The third kappa shape index (κ3) is 9.19. The minimum absolute atomic E-state index is 0.255. The van der Waals surface area contributed by atoms with Crippen LogP contribution in [0.5, 0.6) is 11.5 Å². The number of guanidine groups is 1. The molecule has 0 aliphatic rings. The fourth-order valence-electron chi connectivity index (χ4n) is 2.22. The first-order chi connectivity index (χ1) is 12.1. The lowest BCUT2D eigenvalue weighted by Crippen LogP contribution is -2.38. The Balaban J connectivity index is 2.35. The molecule has 1 aromatic carbocycles. The lowest BCUT2D eigenvalue weighted by molar-refractivity contribution is 0.109. The monoisotopic (exact) mass is 351 g/mol. The topological polar surface area (TPSA) is 75.1 Å². The molecular weight excluding hydrogens is 318 g/mol. The predicted molar refractivity (Wildman–Crippen MR) is 103 cm³/mol. The van der Waals surface area contributed by atoms with E-state index in [4.69, 9.17) is 9.47 Å². The van der Waals surface area contributed by atoms with E-state index in [0.717, 1.165) is 44.2 Å². The van der Waals surface area contributed by atoms with Gasteiger partial charge in [0.1, 0.15) is 11.5 Å². The van der Waals surface area contributed by atoms with E-state index >= 15 is 0 Å². The maximum absolute atomic E-state index is 9.99. The number of nitrogens with one attached hydrogen (secondary N) is 2. The molecule has 0 amide bonds. The summed E-state index contributed by atoms with van der Waals surface area (Å²) >= 11 is 0. The normalized spacial score (nSPS) is 11.6. The van der Waals surface area contributed by atoms with Crippen LogP contribution in [-0.4, -0.2) is 51.0 Å². The third-order valence-electron chi connectivity index (χ3n) is 3.49. The van der Waals surface area contributed by atoms with Gasteiger partial charge in [0.25, 0.3) is 0 Å². The first-order valence-corrected chi connectivity index (χ1v) is 9.02. The molecule has 3 N–H and O–H groups in total. The second-order valence-electron chi connectivity index (χ2n) is 6.25. The number of phenolic OH excluding ortho intramolecular Hbond substituents is 1. The number of hydrogen-bond acceptors (Lipinski definition) is 4. The van der Waals surface area contributed by atoms with Crippen molar-refractivity contribution < 1.29 is 14.6 Å². The van der Waals surface area contributed by atoms with Gasteiger partial charge in [0.15, 0.2) is 5.96 Å². The van der Waals surface area contributed by atoms with E-state index in [9.17, 15) is 5.11 Å². The van der Waals surface area contributed by atoms with Gasteiger partial charge in [-0.15, -0.1) is 0 Å². The van der Waals surface area contributed by atoms with Crippen molar-refractivity contribution in [2.24, 2.45) is 10.9 Å². The number of aromatic hydroxyl groups is 1. The second kappa shape index (κ2) is 12.4. The summed E-state index contributed by atoms with van der Waals surface area (Å²) in [6.45, 7) is 10.1. The van der Waals surface area contributed by atoms with Crippen LogP contribution in [0.2, 0.25) is 0 Å². The highest BCUT2D eigenvalue weighted by molar-refractivity contribution is 5.79. The van der Waals surface area contributed by atoms with Gasteiger partial charge in [-0.2, -0.15) is 0 Å². The number of ether oxygens (including phenoxy) is 2. The van der Waals surface area contributed by atoms with Gasteiger partial charge >= 0.3 is 0 Å². The van der Waals surface area contributed by atoms with Gasteiger partial charge in [-0.25, -0.2) is 0 Å².